The molecule has 2 amide bonds. The molecule has 1 unspecified atom stereocenters. The monoisotopic (exact) mass is 238 g/mol. The molecule has 1 N–H and O–H groups in total. The molecule has 92 valence electrons. The lowest BCUT2D eigenvalue weighted by molar-refractivity contribution is 0.162. The molecule has 0 spiro atoms. The van der Waals surface area contributed by atoms with Crippen molar-refractivity contribution < 1.29 is 14.3 Å². The van der Waals surface area contributed by atoms with Crippen molar-refractivity contribution in [2.24, 2.45) is 0 Å². The first-order valence-electron chi connectivity index (χ1n) is 5.47. The summed E-state index contributed by atoms with van der Waals surface area (Å²) in [7, 11) is 3.33. The van der Waals surface area contributed by atoms with Crippen LogP contribution in [0.4, 0.5) is 14.9 Å². The van der Waals surface area contributed by atoms with E-state index >= 15 is 0 Å². The van der Waals surface area contributed by atoms with Gasteiger partial charge < -0.3 is 10.0 Å². The fourth-order valence-corrected chi connectivity index (χ4v) is 2.01. The maximum Gasteiger partial charge on any atom is 0.323 e. The average molecular weight is 238 g/mol. The van der Waals surface area contributed by atoms with Gasteiger partial charge in [-0.3, -0.25) is 4.90 Å². The molecule has 17 heavy (non-hydrogen) atoms. The molecule has 0 aromatic heterocycles. The zero-order valence-electron chi connectivity index (χ0n) is 9.85. The van der Waals surface area contributed by atoms with Crippen LogP contribution >= 0.6 is 0 Å². The normalized spacial score (nSPS) is 18.8. The minimum atomic E-state index is -0.702. The number of rotatable bonds is 0. The van der Waals surface area contributed by atoms with E-state index in [0.29, 0.717) is 24.2 Å². The number of anilines is 1. The second-order valence-corrected chi connectivity index (χ2v) is 4.34. The number of hydrogen-bond acceptors (Lipinski definition) is 2. The Hall–Kier alpha value is -1.62. The van der Waals surface area contributed by atoms with Crippen molar-refractivity contribution in [1.29, 1.82) is 0 Å². The van der Waals surface area contributed by atoms with E-state index in [1.54, 1.807) is 19.0 Å². The van der Waals surface area contributed by atoms with Crippen molar-refractivity contribution in [3.63, 3.8) is 0 Å². The maximum absolute atomic E-state index is 13.1. The Bertz CT molecular complexity index is 448. The average Bonchev–Trinajstić information content (AvgIpc) is 2.29. The molecule has 4 nitrogen and oxygen atoms in total. The lowest BCUT2D eigenvalue weighted by atomic mass is 9.99. The number of benzene rings is 1. The first-order valence-corrected chi connectivity index (χ1v) is 5.47. The first kappa shape index (κ1) is 11.9. The van der Waals surface area contributed by atoms with E-state index in [4.69, 9.17) is 0 Å². The van der Waals surface area contributed by atoms with Crippen molar-refractivity contribution in [2.45, 2.75) is 12.5 Å². The summed E-state index contributed by atoms with van der Waals surface area (Å²) in [5.41, 5.74) is 1.07. The SMILES string of the molecule is CN(C)C(=O)N1CCC(O)c2cc(F)ccc21. The Morgan fingerprint density at radius 3 is 2.88 bits per heavy atom. The Kier molecular flexibility index (Phi) is 3.02. The fourth-order valence-electron chi connectivity index (χ4n) is 2.01. The largest absolute Gasteiger partial charge is 0.388 e. The van der Waals surface area contributed by atoms with Crippen molar-refractivity contribution in [3.8, 4) is 0 Å². The van der Waals surface area contributed by atoms with Crippen LogP contribution in [0.25, 0.3) is 0 Å². The van der Waals surface area contributed by atoms with E-state index in [0.717, 1.165) is 0 Å². The van der Waals surface area contributed by atoms with E-state index in [9.17, 15) is 14.3 Å². The highest BCUT2D eigenvalue weighted by atomic mass is 19.1. The van der Waals surface area contributed by atoms with Gasteiger partial charge in [0, 0.05) is 26.2 Å². The van der Waals surface area contributed by atoms with Crippen molar-refractivity contribution in [2.75, 3.05) is 25.5 Å². The molecule has 1 atom stereocenters. The van der Waals surface area contributed by atoms with Crippen LogP contribution in [0.5, 0.6) is 0 Å². The van der Waals surface area contributed by atoms with Crippen LogP contribution < -0.4 is 4.90 Å². The number of halogens is 1. The number of aliphatic hydroxyl groups is 1. The Labute approximate surface area is 99.3 Å². The highest BCUT2D eigenvalue weighted by Gasteiger charge is 2.28. The number of nitrogens with zero attached hydrogens (tertiary/aromatic N) is 2. The summed E-state index contributed by atoms with van der Waals surface area (Å²) in [4.78, 5) is 14.9. The number of urea groups is 1. The molecule has 5 heteroatoms. The lowest BCUT2D eigenvalue weighted by Gasteiger charge is -2.33. The molecule has 0 radical (unpaired) electrons. The lowest BCUT2D eigenvalue weighted by Crippen LogP contribution is -2.42. The molecule has 0 bridgehead atoms. The van der Waals surface area contributed by atoms with E-state index in [1.807, 2.05) is 0 Å². The van der Waals surface area contributed by atoms with Crippen LogP contribution in [0.1, 0.15) is 18.1 Å². The molecule has 1 aromatic carbocycles. The standard InChI is InChI=1S/C12H15FN2O2/c1-14(2)12(17)15-6-5-11(16)9-7-8(13)3-4-10(9)15/h3-4,7,11,16H,5-6H2,1-2H3. The third kappa shape index (κ3) is 2.10. The molecular formula is C12H15FN2O2. The summed E-state index contributed by atoms with van der Waals surface area (Å²) in [6, 6.07) is 3.96. The predicted molar refractivity (Wildman–Crippen MR) is 62.4 cm³/mol. The number of carbonyl (C=O) groups excluding carboxylic acids is 1. The molecule has 0 fully saturated rings. The second kappa shape index (κ2) is 4.33. The molecule has 1 aliphatic heterocycles. The van der Waals surface area contributed by atoms with Crippen LogP contribution in [-0.2, 0) is 0 Å². The Morgan fingerprint density at radius 2 is 2.24 bits per heavy atom. The molecule has 0 saturated carbocycles. The van der Waals surface area contributed by atoms with Gasteiger partial charge in [0.05, 0.1) is 11.8 Å². The summed E-state index contributed by atoms with van der Waals surface area (Å²) in [6.45, 7) is 0.441. The molecule has 1 aromatic rings. The molecule has 0 aliphatic carbocycles. The van der Waals surface area contributed by atoms with E-state index in [-0.39, 0.29) is 6.03 Å². The van der Waals surface area contributed by atoms with Crippen molar-refractivity contribution in [3.05, 3.63) is 29.6 Å². The Morgan fingerprint density at radius 1 is 1.53 bits per heavy atom. The van der Waals surface area contributed by atoms with Gasteiger partial charge >= 0.3 is 6.03 Å². The molecule has 0 saturated heterocycles. The number of amides is 2. The van der Waals surface area contributed by atoms with Gasteiger partial charge in [-0.1, -0.05) is 0 Å². The fraction of sp³-hybridized carbons (Fsp3) is 0.417. The van der Waals surface area contributed by atoms with Crippen molar-refractivity contribution in [1.82, 2.24) is 4.90 Å². The number of aliphatic hydroxyl groups excluding tert-OH is 1. The van der Waals surface area contributed by atoms with Crippen LogP contribution in [0.2, 0.25) is 0 Å². The number of fused-ring (bicyclic) bond motifs is 1. The maximum atomic E-state index is 13.1. The topological polar surface area (TPSA) is 43.8 Å². The van der Waals surface area contributed by atoms with Crippen LogP contribution in [0.3, 0.4) is 0 Å². The highest BCUT2D eigenvalue weighted by molar-refractivity contribution is 5.93. The van der Waals surface area contributed by atoms with E-state index in [2.05, 4.69) is 0 Å². The van der Waals surface area contributed by atoms with E-state index < -0.39 is 11.9 Å². The second-order valence-electron chi connectivity index (χ2n) is 4.34. The predicted octanol–water partition coefficient (Wildman–Crippen LogP) is 1.75. The molecule has 2 rings (SSSR count). The van der Waals surface area contributed by atoms with Crippen molar-refractivity contribution >= 4 is 11.7 Å². The summed E-state index contributed by atoms with van der Waals surface area (Å²) < 4.78 is 13.1. The third-order valence-electron chi connectivity index (χ3n) is 2.88. The zero-order valence-corrected chi connectivity index (χ0v) is 9.85. The van der Waals surface area contributed by atoms with Gasteiger partial charge in [-0.2, -0.15) is 0 Å². The van der Waals surface area contributed by atoms with Gasteiger partial charge in [0.25, 0.3) is 0 Å². The van der Waals surface area contributed by atoms with Gasteiger partial charge in [0.1, 0.15) is 5.82 Å². The summed E-state index contributed by atoms with van der Waals surface area (Å²) in [5, 5.41) is 9.81. The van der Waals surface area contributed by atoms with Gasteiger partial charge in [-0.15, -0.1) is 0 Å². The summed E-state index contributed by atoms with van der Waals surface area (Å²) in [5.74, 6) is -0.401. The minimum absolute atomic E-state index is 0.162. The van der Waals surface area contributed by atoms with Crippen LogP contribution in [0, 0.1) is 5.82 Å². The van der Waals surface area contributed by atoms with Crippen LogP contribution in [-0.4, -0.2) is 36.7 Å². The summed E-state index contributed by atoms with van der Waals surface area (Å²) in [6.07, 6.45) is -0.275. The third-order valence-corrected chi connectivity index (χ3v) is 2.88. The molecule has 1 heterocycles. The molecule has 1 aliphatic rings. The minimum Gasteiger partial charge on any atom is -0.388 e. The molecular weight excluding hydrogens is 223 g/mol. The smallest absolute Gasteiger partial charge is 0.323 e. The first-order chi connectivity index (χ1) is 8.00. The van der Waals surface area contributed by atoms with Gasteiger partial charge in [0.2, 0.25) is 0 Å². The number of carbonyl (C=O) groups is 1. The zero-order chi connectivity index (χ0) is 12.6. The Balaban J connectivity index is 2.42. The number of hydrogen-bond donors (Lipinski definition) is 1. The van der Waals surface area contributed by atoms with E-state index in [1.165, 1.54) is 23.1 Å². The highest BCUT2D eigenvalue weighted by Crippen LogP contribution is 2.34. The summed E-state index contributed by atoms with van der Waals surface area (Å²) >= 11 is 0. The van der Waals surface area contributed by atoms with Gasteiger partial charge in [-0.25, -0.2) is 9.18 Å². The van der Waals surface area contributed by atoms with Gasteiger partial charge in [0.15, 0.2) is 0 Å². The van der Waals surface area contributed by atoms with Gasteiger partial charge in [-0.05, 0) is 24.6 Å². The quantitative estimate of drug-likeness (QED) is 0.748. The van der Waals surface area contributed by atoms with Crippen LogP contribution in [0.15, 0.2) is 18.2 Å².